The molecule has 0 fully saturated rings. The molecule has 3 N–H and O–H groups in total. The number of nitrogens with two attached hydrogens (primary N) is 1. The number of aromatic nitrogens is 3. The Labute approximate surface area is 171 Å². The zero-order valence-corrected chi connectivity index (χ0v) is 16.3. The number of nitrogens with zero attached hydrogens (tertiary/aromatic N) is 3. The largest absolute Gasteiger partial charge is 0.444 e. The maximum Gasteiger partial charge on any atom is 0.267 e. The Morgan fingerprint density at radius 1 is 1.03 bits per heavy atom. The van der Waals surface area contributed by atoms with Gasteiger partial charge in [0.1, 0.15) is 28.8 Å². The molecule has 0 saturated heterocycles. The molecule has 29 heavy (non-hydrogen) atoms. The van der Waals surface area contributed by atoms with Crippen LogP contribution in [-0.4, -0.2) is 20.9 Å². The van der Waals surface area contributed by atoms with Gasteiger partial charge in [0.25, 0.3) is 5.91 Å². The van der Waals surface area contributed by atoms with E-state index in [2.05, 4.69) is 20.3 Å². The van der Waals surface area contributed by atoms with Crippen molar-refractivity contribution in [3.05, 3.63) is 77.6 Å². The molecule has 144 valence electrons. The van der Waals surface area contributed by atoms with Crippen molar-refractivity contribution in [2.24, 2.45) is 5.73 Å². The number of nitrogens with one attached hydrogen (secondary N) is 1. The molecule has 4 aromatic rings. The Morgan fingerprint density at radius 3 is 2.66 bits per heavy atom. The Morgan fingerprint density at radius 2 is 1.86 bits per heavy atom. The second-order valence-electron chi connectivity index (χ2n) is 6.11. The molecular weight excluding hydrogens is 386 g/mol. The van der Waals surface area contributed by atoms with Crippen LogP contribution in [0.15, 0.2) is 66.9 Å². The minimum atomic E-state index is -0.590. The summed E-state index contributed by atoms with van der Waals surface area (Å²) in [5.74, 6) is 1.01. The van der Waals surface area contributed by atoms with Crippen molar-refractivity contribution in [2.75, 3.05) is 5.32 Å². The summed E-state index contributed by atoms with van der Waals surface area (Å²) in [5.41, 5.74) is 7.25. The molecule has 3 heterocycles. The normalized spacial score (nSPS) is 10.5. The van der Waals surface area contributed by atoms with Crippen molar-refractivity contribution in [3.8, 4) is 22.1 Å². The van der Waals surface area contributed by atoms with Crippen LogP contribution in [0.5, 0.6) is 10.8 Å². The van der Waals surface area contributed by atoms with E-state index >= 15 is 0 Å². The fourth-order valence-electron chi connectivity index (χ4n) is 2.68. The summed E-state index contributed by atoms with van der Waals surface area (Å²) in [6, 6.07) is 18.4. The molecular formula is C21H17N5O2S. The molecule has 3 aromatic heterocycles. The van der Waals surface area contributed by atoms with Gasteiger partial charge in [-0.25, -0.2) is 15.0 Å². The van der Waals surface area contributed by atoms with Crippen LogP contribution < -0.4 is 15.8 Å². The summed E-state index contributed by atoms with van der Waals surface area (Å²) in [4.78, 5) is 24.3. The van der Waals surface area contributed by atoms with Crippen LogP contribution in [0.1, 0.15) is 15.5 Å². The SMILES string of the molecule is Cc1nc(-c2ccccc2)c(Oc2ccnc(Nc3cccc(C(N)=O)n3)c2)s1. The van der Waals surface area contributed by atoms with Gasteiger partial charge in [-0.15, -0.1) is 0 Å². The van der Waals surface area contributed by atoms with Crippen LogP contribution in [0, 0.1) is 6.92 Å². The summed E-state index contributed by atoms with van der Waals surface area (Å²) in [6.45, 7) is 1.95. The van der Waals surface area contributed by atoms with E-state index in [1.54, 1.807) is 36.5 Å². The molecule has 0 radical (unpaired) electrons. The van der Waals surface area contributed by atoms with Crippen molar-refractivity contribution < 1.29 is 9.53 Å². The second kappa shape index (κ2) is 8.07. The van der Waals surface area contributed by atoms with E-state index in [1.807, 2.05) is 37.3 Å². The van der Waals surface area contributed by atoms with Crippen molar-refractivity contribution in [2.45, 2.75) is 6.92 Å². The fraction of sp³-hybridized carbons (Fsp3) is 0.0476. The molecule has 0 aliphatic rings. The zero-order valence-electron chi connectivity index (χ0n) is 15.5. The summed E-state index contributed by atoms with van der Waals surface area (Å²) >= 11 is 1.48. The minimum absolute atomic E-state index is 0.176. The molecule has 0 atom stereocenters. The first kappa shape index (κ1) is 18.6. The lowest BCUT2D eigenvalue weighted by Gasteiger charge is -2.09. The number of anilines is 2. The standard InChI is InChI=1S/C21H17N5O2S/c1-13-24-19(14-6-3-2-4-7-14)21(29-13)28-15-10-11-23-18(12-15)26-17-9-5-8-16(25-17)20(22)27/h2-12H,1H3,(H2,22,27)(H,23,25,26). The smallest absolute Gasteiger partial charge is 0.267 e. The van der Waals surface area contributed by atoms with E-state index < -0.39 is 5.91 Å². The van der Waals surface area contributed by atoms with Crippen LogP contribution in [0.2, 0.25) is 0 Å². The molecule has 0 saturated carbocycles. The van der Waals surface area contributed by atoms with Gasteiger partial charge in [-0.05, 0) is 25.1 Å². The zero-order chi connectivity index (χ0) is 20.2. The van der Waals surface area contributed by atoms with E-state index in [9.17, 15) is 4.79 Å². The third-order valence-electron chi connectivity index (χ3n) is 3.95. The van der Waals surface area contributed by atoms with Crippen LogP contribution >= 0.6 is 11.3 Å². The minimum Gasteiger partial charge on any atom is -0.444 e. The lowest BCUT2D eigenvalue weighted by atomic mass is 10.2. The number of carbonyl (C=O) groups is 1. The molecule has 1 aromatic carbocycles. The molecule has 7 nitrogen and oxygen atoms in total. The van der Waals surface area contributed by atoms with Crippen LogP contribution in [0.4, 0.5) is 11.6 Å². The summed E-state index contributed by atoms with van der Waals surface area (Å²) in [7, 11) is 0. The quantitative estimate of drug-likeness (QED) is 0.490. The molecule has 0 bridgehead atoms. The van der Waals surface area contributed by atoms with Gasteiger partial charge in [-0.2, -0.15) is 0 Å². The molecule has 0 unspecified atom stereocenters. The van der Waals surface area contributed by atoms with Crippen LogP contribution in [0.3, 0.4) is 0 Å². The lowest BCUT2D eigenvalue weighted by Crippen LogP contribution is -2.13. The first-order valence-electron chi connectivity index (χ1n) is 8.79. The van der Waals surface area contributed by atoms with Crippen molar-refractivity contribution in [1.82, 2.24) is 15.0 Å². The van der Waals surface area contributed by atoms with Gasteiger partial charge >= 0.3 is 0 Å². The number of hydrogen-bond acceptors (Lipinski definition) is 7. The van der Waals surface area contributed by atoms with E-state index in [0.29, 0.717) is 22.4 Å². The van der Waals surface area contributed by atoms with E-state index in [1.165, 1.54) is 11.3 Å². The Balaban J connectivity index is 1.58. The Bertz CT molecular complexity index is 1160. The first-order valence-corrected chi connectivity index (χ1v) is 9.61. The average Bonchev–Trinajstić information content (AvgIpc) is 3.09. The van der Waals surface area contributed by atoms with E-state index in [4.69, 9.17) is 10.5 Å². The molecule has 0 spiro atoms. The summed E-state index contributed by atoms with van der Waals surface area (Å²) < 4.78 is 6.11. The van der Waals surface area contributed by atoms with E-state index in [-0.39, 0.29) is 5.69 Å². The molecule has 0 aliphatic carbocycles. The number of ether oxygens (including phenoxy) is 1. The number of carbonyl (C=O) groups excluding carboxylic acids is 1. The van der Waals surface area contributed by atoms with Crippen LogP contribution in [-0.2, 0) is 0 Å². The van der Waals surface area contributed by atoms with Crippen molar-refractivity contribution in [1.29, 1.82) is 0 Å². The average molecular weight is 403 g/mol. The number of thiazole rings is 1. The van der Waals surface area contributed by atoms with Crippen molar-refractivity contribution >= 4 is 28.9 Å². The third kappa shape index (κ3) is 4.39. The topological polar surface area (TPSA) is 103 Å². The number of benzene rings is 1. The maximum absolute atomic E-state index is 11.3. The molecule has 4 rings (SSSR count). The number of pyridine rings is 2. The lowest BCUT2D eigenvalue weighted by molar-refractivity contribution is 0.0995. The van der Waals surface area contributed by atoms with Crippen molar-refractivity contribution in [3.63, 3.8) is 0 Å². The third-order valence-corrected chi connectivity index (χ3v) is 4.80. The summed E-state index contributed by atoms with van der Waals surface area (Å²) in [6.07, 6.45) is 1.63. The monoisotopic (exact) mass is 403 g/mol. The Hall–Kier alpha value is -3.78. The number of aryl methyl sites for hydroxylation is 1. The molecule has 1 amide bonds. The van der Waals surface area contributed by atoms with Gasteiger partial charge in [-0.3, -0.25) is 4.79 Å². The van der Waals surface area contributed by atoms with Gasteiger partial charge in [0.05, 0.1) is 5.01 Å². The molecule has 8 heteroatoms. The van der Waals surface area contributed by atoms with Gasteiger partial charge in [0, 0.05) is 17.8 Å². The van der Waals surface area contributed by atoms with Gasteiger partial charge in [-0.1, -0.05) is 47.7 Å². The predicted molar refractivity (Wildman–Crippen MR) is 113 cm³/mol. The first-order chi connectivity index (χ1) is 14.1. The molecule has 0 aliphatic heterocycles. The van der Waals surface area contributed by atoms with Crippen LogP contribution in [0.25, 0.3) is 11.3 Å². The van der Waals surface area contributed by atoms with Gasteiger partial charge < -0.3 is 15.8 Å². The summed E-state index contributed by atoms with van der Waals surface area (Å²) in [5, 5.41) is 4.68. The fourth-order valence-corrected chi connectivity index (χ4v) is 3.48. The highest BCUT2D eigenvalue weighted by atomic mass is 32.1. The number of hydrogen-bond donors (Lipinski definition) is 2. The highest BCUT2D eigenvalue weighted by Gasteiger charge is 2.14. The highest BCUT2D eigenvalue weighted by Crippen LogP contribution is 2.38. The second-order valence-corrected chi connectivity index (χ2v) is 7.28. The number of amides is 1. The van der Waals surface area contributed by atoms with Gasteiger partial charge in [0.15, 0.2) is 0 Å². The van der Waals surface area contributed by atoms with Gasteiger partial charge in [0.2, 0.25) is 5.06 Å². The number of rotatable bonds is 6. The number of primary amides is 1. The highest BCUT2D eigenvalue weighted by molar-refractivity contribution is 7.13. The predicted octanol–water partition coefficient (Wildman–Crippen LogP) is 4.54. The van der Waals surface area contributed by atoms with E-state index in [0.717, 1.165) is 16.3 Å². The Kier molecular flexibility index (Phi) is 5.17. The maximum atomic E-state index is 11.3.